The molecule has 25 heavy (non-hydrogen) atoms. The molecule has 8 heteroatoms. The number of benzene rings is 1. The highest BCUT2D eigenvalue weighted by Gasteiger charge is 2.26. The number of aryl methyl sites for hydroxylation is 1. The van der Waals surface area contributed by atoms with Crippen LogP contribution in [0.15, 0.2) is 23.1 Å². The minimum Gasteiger partial charge on any atom is -0.480 e. The summed E-state index contributed by atoms with van der Waals surface area (Å²) in [6.45, 7) is 7.63. The van der Waals surface area contributed by atoms with E-state index in [-0.39, 0.29) is 10.5 Å². The Morgan fingerprint density at radius 3 is 2.28 bits per heavy atom. The maximum Gasteiger partial charge on any atom is 0.326 e. The number of nitrogens with zero attached hydrogens (tertiary/aromatic N) is 1. The van der Waals surface area contributed by atoms with Crippen molar-refractivity contribution >= 4 is 21.9 Å². The van der Waals surface area contributed by atoms with Gasteiger partial charge in [0.15, 0.2) is 0 Å². The van der Waals surface area contributed by atoms with Gasteiger partial charge >= 0.3 is 5.97 Å². The molecule has 1 aromatic rings. The van der Waals surface area contributed by atoms with Crippen molar-refractivity contribution in [2.75, 3.05) is 13.1 Å². The van der Waals surface area contributed by atoms with Crippen LogP contribution in [0.25, 0.3) is 0 Å². The third-order valence-corrected chi connectivity index (χ3v) is 6.15. The van der Waals surface area contributed by atoms with Crippen LogP contribution in [0.2, 0.25) is 0 Å². The van der Waals surface area contributed by atoms with Gasteiger partial charge in [-0.3, -0.25) is 4.79 Å². The van der Waals surface area contributed by atoms with E-state index in [0.29, 0.717) is 31.5 Å². The molecule has 0 spiro atoms. The summed E-state index contributed by atoms with van der Waals surface area (Å²) in [4.78, 5) is 23.6. The molecular formula is C17H26N2O5S. The first-order valence-electron chi connectivity index (χ1n) is 8.33. The number of carbonyl (C=O) groups is 2. The summed E-state index contributed by atoms with van der Waals surface area (Å²) in [5.74, 6) is -1.71. The summed E-state index contributed by atoms with van der Waals surface area (Å²) in [6.07, 6.45) is 0.907. The van der Waals surface area contributed by atoms with Crippen LogP contribution in [0.1, 0.15) is 49.5 Å². The highest BCUT2D eigenvalue weighted by molar-refractivity contribution is 7.89. The average Bonchev–Trinajstić information content (AvgIpc) is 2.55. The summed E-state index contributed by atoms with van der Waals surface area (Å²) in [7, 11) is -3.71. The molecule has 1 rings (SSSR count). The number of carboxylic acid groups (broad SMARTS) is 1. The zero-order valence-electron chi connectivity index (χ0n) is 15.1. The van der Waals surface area contributed by atoms with Gasteiger partial charge in [-0.05, 0) is 31.0 Å². The third-order valence-electron chi connectivity index (χ3n) is 3.95. The van der Waals surface area contributed by atoms with Crippen molar-refractivity contribution in [3.63, 3.8) is 0 Å². The van der Waals surface area contributed by atoms with E-state index in [2.05, 4.69) is 5.32 Å². The lowest BCUT2D eigenvalue weighted by Gasteiger charge is -2.20. The van der Waals surface area contributed by atoms with Crippen molar-refractivity contribution in [1.82, 2.24) is 9.62 Å². The van der Waals surface area contributed by atoms with Gasteiger partial charge in [-0.25, -0.2) is 13.2 Å². The first-order valence-corrected chi connectivity index (χ1v) is 9.77. The van der Waals surface area contributed by atoms with E-state index >= 15 is 0 Å². The van der Waals surface area contributed by atoms with Gasteiger partial charge < -0.3 is 10.4 Å². The number of rotatable bonds is 9. The van der Waals surface area contributed by atoms with Gasteiger partial charge in [0.1, 0.15) is 6.04 Å². The number of hydrogen-bond donors (Lipinski definition) is 2. The summed E-state index contributed by atoms with van der Waals surface area (Å²) < 4.78 is 26.8. The molecule has 2 N–H and O–H groups in total. The molecule has 0 radical (unpaired) electrons. The van der Waals surface area contributed by atoms with Gasteiger partial charge in [0.25, 0.3) is 5.91 Å². The van der Waals surface area contributed by atoms with Gasteiger partial charge in [0.2, 0.25) is 10.0 Å². The molecule has 1 atom stereocenters. The van der Waals surface area contributed by atoms with Gasteiger partial charge in [-0.2, -0.15) is 4.31 Å². The normalized spacial score (nSPS) is 12.8. The van der Waals surface area contributed by atoms with E-state index in [9.17, 15) is 18.0 Å². The molecule has 0 bridgehead atoms. The second kappa shape index (κ2) is 8.96. The van der Waals surface area contributed by atoms with Crippen molar-refractivity contribution in [1.29, 1.82) is 0 Å². The Hall–Kier alpha value is -1.93. The highest BCUT2D eigenvalue weighted by Crippen LogP contribution is 2.21. The second-order valence-corrected chi connectivity index (χ2v) is 7.63. The molecule has 7 nitrogen and oxygen atoms in total. The molecule has 140 valence electrons. The van der Waals surface area contributed by atoms with Crippen LogP contribution in [0, 0.1) is 6.92 Å². The lowest BCUT2D eigenvalue weighted by Crippen LogP contribution is -2.40. The first kappa shape index (κ1) is 21.1. The Balaban J connectivity index is 3.20. The number of sulfonamides is 1. The molecule has 0 fully saturated rings. The Morgan fingerprint density at radius 2 is 1.80 bits per heavy atom. The molecule has 1 aromatic carbocycles. The number of carbonyl (C=O) groups excluding carboxylic acids is 1. The fraction of sp³-hybridized carbons (Fsp3) is 0.529. The number of amides is 1. The Labute approximate surface area is 149 Å². The summed E-state index contributed by atoms with van der Waals surface area (Å²) in [5, 5.41) is 11.6. The standard InChI is InChI=1S/C17H26N2O5S/c1-5-8-14(17(21)22)18-16(20)13-10-9-12(4)15(11-13)25(23,24)19(6-2)7-3/h9-11,14H,5-8H2,1-4H3,(H,18,20)(H,21,22). The van der Waals surface area contributed by atoms with Gasteiger partial charge in [-0.15, -0.1) is 0 Å². The smallest absolute Gasteiger partial charge is 0.326 e. The molecule has 0 aliphatic heterocycles. The average molecular weight is 370 g/mol. The van der Waals surface area contributed by atoms with Crippen molar-refractivity contribution in [3.8, 4) is 0 Å². The highest BCUT2D eigenvalue weighted by atomic mass is 32.2. The molecule has 0 saturated heterocycles. The number of hydrogen-bond acceptors (Lipinski definition) is 4. The Morgan fingerprint density at radius 1 is 1.20 bits per heavy atom. The van der Waals surface area contributed by atoms with Crippen LogP contribution in [0.3, 0.4) is 0 Å². The van der Waals surface area contributed by atoms with Crippen molar-refractivity contribution < 1.29 is 23.1 Å². The monoisotopic (exact) mass is 370 g/mol. The topological polar surface area (TPSA) is 104 Å². The number of carboxylic acids is 1. The predicted molar refractivity (Wildman–Crippen MR) is 95.1 cm³/mol. The maximum atomic E-state index is 12.7. The predicted octanol–water partition coefficient (Wildman–Crippen LogP) is 2.01. The molecule has 0 aromatic heterocycles. The van der Waals surface area contributed by atoms with Gasteiger partial charge in [-0.1, -0.05) is 33.3 Å². The van der Waals surface area contributed by atoms with Crippen molar-refractivity contribution in [2.45, 2.75) is 51.5 Å². The van der Waals surface area contributed by atoms with E-state index in [1.54, 1.807) is 26.8 Å². The van der Waals surface area contributed by atoms with E-state index in [1.165, 1.54) is 16.4 Å². The second-order valence-electron chi connectivity index (χ2n) is 5.72. The zero-order chi connectivity index (χ0) is 19.2. The van der Waals surface area contributed by atoms with Crippen LogP contribution < -0.4 is 5.32 Å². The van der Waals surface area contributed by atoms with Crippen LogP contribution in [-0.4, -0.2) is 48.8 Å². The lowest BCUT2D eigenvalue weighted by atomic mass is 10.1. The fourth-order valence-electron chi connectivity index (χ4n) is 2.51. The molecule has 0 heterocycles. The van der Waals surface area contributed by atoms with Crippen LogP contribution in [0.4, 0.5) is 0 Å². The molecule has 0 aliphatic carbocycles. The lowest BCUT2D eigenvalue weighted by molar-refractivity contribution is -0.139. The molecule has 0 aliphatic rings. The fourth-order valence-corrected chi connectivity index (χ4v) is 4.22. The minimum atomic E-state index is -3.71. The third kappa shape index (κ3) is 5.02. The van der Waals surface area contributed by atoms with Crippen molar-refractivity contribution in [3.05, 3.63) is 29.3 Å². The summed E-state index contributed by atoms with van der Waals surface area (Å²) >= 11 is 0. The SMILES string of the molecule is CCCC(NC(=O)c1ccc(C)c(S(=O)(=O)N(CC)CC)c1)C(=O)O. The summed E-state index contributed by atoms with van der Waals surface area (Å²) in [5.41, 5.74) is 0.658. The van der Waals surface area contributed by atoms with E-state index in [1.807, 2.05) is 6.92 Å². The van der Waals surface area contributed by atoms with Gasteiger partial charge in [0.05, 0.1) is 4.90 Å². The largest absolute Gasteiger partial charge is 0.480 e. The van der Waals surface area contributed by atoms with E-state index < -0.39 is 27.9 Å². The first-order chi connectivity index (χ1) is 11.7. The van der Waals surface area contributed by atoms with E-state index in [4.69, 9.17) is 5.11 Å². The Kier molecular flexibility index (Phi) is 7.57. The van der Waals surface area contributed by atoms with Crippen LogP contribution >= 0.6 is 0 Å². The van der Waals surface area contributed by atoms with Gasteiger partial charge in [0, 0.05) is 18.7 Å². The van der Waals surface area contributed by atoms with Crippen LogP contribution in [-0.2, 0) is 14.8 Å². The Bertz CT molecular complexity index is 727. The number of nitrogens with one attached hydrogen (secondary N) is 1. The number of aliphatic carboxylic acids is 1. The van der Waals surface area contributed by atoms with Crippen LogP contribution in [0.5, 0.6) is 0 Å². The minimum absolute atomic E-state index is 0.0613. The molecule has 1 unspecified atom stereocenters. The summed E-state index contributed by atoms with van der Waals surface area (Å²) in [6, 6.07) is 3.36. The maximum absolute atomic E-state index is 12.7. The zero-order valence-corrected chi connectivity index (χ0v) is 15.9. The molecule has 1 amide bonds. The molecule has 0 saturated carbocycles. The molecular weight excluding hydrogens is 344 g/mol. The van der Waals surface area contributed by atoms with Crippen molar-refractivity contribution in [2.24, 2.45) is 0 Å². The quantitative estimate of drug-likeness (QED) is 0.692. The van der Waals surface area contributed by atoms with E-state index in [0.717, 1.165) is 0 Å².